The summed E-state index contributed by atoms with van der Waals surface area (Å²) in [4.78, 5) is 16.3. The van der Waals surface area contributed by atoms with Gasteiger partial charge >= 0.3 is 5.97 Å². The Hall–Kier alpha value is -2.39. The molecule has 9 heteroatoms. The average molecular weight is 506 g/mol. The van der Waals surface area contributed by atoms with Gasteiger partial charge in [0.25, 0.3) is 0 Å². The molecule has 1 aromatic heterocycles. The van der Waals surface area contributed by atoms with E-state index in [4.69, 9.17) is 25.8 Å². The van der Waals surface area contributed by atoms with Crippen molar-refractivity contribution in [2.24, 2.45) is 0 Å². The molecule has 2 atom stereocenters. The van der Waals surface area contributed by atoms with E-state index in [1.165, 1.54) is 17.4 Å². The maximum absolute atomic E-state index is 11.7. The van der Waals surface area contributed by atoms with Gasteiger partial charge in [-0.3, -0.25) is 0 Å². The number of aliphatic hydroxyl groups excluding tert-OH is 1. The summed E-state index contributed by atoms with van der Waals surface area (Å²) in [5, 5.41) is 22.0. The van der Waals surface area contributed by atoms with Crippen LogP contribution in [0.2, 0.25) is 5.02 Å². The summed E-state index contributed by atoms with van der Waals surface area (Å²) in [6.07, 6.45) is 2.94. The summed E-state index contributed by atoms with van der Waals surface area (Å²) in [5.74, 6) is 0.157. The maximum atomic E-state index is 11.7. The molecule has 0 saturated heterocycles. The number of ether oxygens (including phenoxy) is 3. The van der Waals surface area contributed by atoms with Crippen molar-refractivity contribution in [3.63, 3.8) is 0 Å². The van der Waals surface area contributed by atoms with Gasteiger partial charge in [0.1, 0.15) is 17.6 Å². The first-order valence-electron chi connectivity index (χ1n) is 11.2. The Morgan fingerprint density at radius 2 is 1.82 bits per heavy atom. The van der Waals surface area contributed by atoms with Gasteiger partial charge in [-0.15, -0.1) is 11.3 Å². The number of carboxylic acids is 1. The summed E-state index contributed by atoms with van der Waals surface area (Å²) >= 11 is 7.48. The number of carboxylic acid groups (broad SMARTS) is 1. The van der Waals surface area contributed by atoms with E-state index in [2.05, 4.69) is 4.98 Å². The summed E-state index contributed by atoms with van der Waals surface area (Å²) < 4.78 is 18.1. The van der Waals surface area contributed by atoms with E-state index in [0.717, 1.165) is 31.2 Å². The highest BCUT2D eigenvalue weighted by Crippen LogP contribution is 2.37. The standard InChI is InChI=1S/C25H28ClNO6S/c1-13-18(31-2)8-14(9-19(13)32-3)24(28)20(33-16-6-4-5-7-16)12-22-27-23-17(25(29)30)10-15(26)11-21(23)34-22/h8-11,16,20,24,28H,4-7,12H2,1-3H3,(H,29,30). The molecule has 0 amide bonds. The molecular formula is C25H28ClNO6S. The van der Waals surface area contributed by atoms with Crippen LogP contribution >= 0.6 is 22.9 Å². The third-order valence-corrected chi connectivity index (χ3v) is 7.49. The monoisotopic (exact) mass is 505 g/mol. The van der Waals surface area contributed by atoms with Gasteiger partial charge < -0.3 is 24.4 Å². The second kappa shape index (κ2) is 10.5. The zero-order chi connectivity index (χ0) is 24.4. The lowest BCUT2D eigenvalue weighted by molar-refractivity contribution is -0.0753. The van der Waals surface area contributed by atoms with E-state index in [9.17, 15) is 15.0 Å². The summed E-state index contributed by atoms with van der Waals surface area (Å²) in [6, 6.07) is 6.72. The highest BCUT2D eigenvalue weighted by Gasteiger charge is 2.30. The minimum Gasteiger partial charge on any atom is -0.496 e. The molecule has 7 nitrogen and oxygen atoms in total. The fraction of sp³-hybridized carbons (Fsp3) is 0.440. The van der Waals surface area contributed by atoms with Gasteiger partial charge in [0.15, 0.2) is 0 Å². The first-order chi connectivity index (χ1) is 16.3. The number of hydrogen-bond acceptors (Lipinski definition) is 7. The second-order valence-electron chi connectivity index (χ2n) is 8.49. The summed E-state index contributed by atoms with van der Waals surface area (Å²) in [6.45, 7) is 1.90. The van der Waals surface area contributed by atoms with Crippen molar-refractivity contribution in [3.8, 4) is 11.5 Å². The zero-order valence-electron chi connectivity index (χ0n) is 19.3. The van der Waals surface area contributed by atoms with Gasteiger partial charge in [-0.25, -0.2) is 9.78 Å². The van der Waals surface area contributed by atoms with Crippen LogP contribution in [0.1, 0.15) is 58.3 Å². The zero-order valence-corrected chi connectivity index (χ0v) is 20.9. The van der Waals surface area contributed by atoms with Crippen molar-refractivity contribution in [2.45, 2.75) is 57.3 Å². The number of aliphatic hydroxyl groups is 1. The molecular weight excluding hydrogens is 478 g/mol. The molecule has 3 aromatic rings. The van der Waals surface area contributed by atoms with E-state index >= 15 is 0 Å². The number of rotatable bonds is 9. The number of carbonyl (C=O) groups is 1. The van der Waals surface area contributed by atoms with Crippen LogP contribution in [0.25, 0.3) is 10.2 Å². The van der Waals surface area contributed by atoms with E-state index in [-0.39, 0.29) is 11.7 Å². The minimum atomic E-state index is -1.08. The van der Waals surface area contributed by atoms with Gasteiger partial charge in [-0.05, 0) is 49.6 Å². The SMILES string of the molecule is COc1cc(C(O)C(Cc2nc3c(C(=O)O)cc(Cl)cc3s2)OC2CCCC2)cc(OC)c1C. The van der Waals surface area contributed by atoms with Gasteiger partial charge in [-0.2, -0.15) is 0 Å². The Morgan fingerprint density at radius 3 is 2.41 bits per heavy atom. The van der Waals surface area contributed by atoms with Crippen molar-refractivity contribution in [3.05, 3.63) is 51.0 Å². The van der Waals surface area contributed by atoms with Crippen LogP contribution in [0.3, 0.4) is 0 Å². The van der Waals surface area contributed by atoms with Crippen molar-refractivity contribution in [2.75, 3.05) is 14.2 Å². The van der Waals surface area contributed by atoms with Crippen molar-refractivity contribution >= 4 is 39.1 Å². The van der Waals surface area contributed by atoms with Gasteiger partial charge in [0, 0.05) is 17.0 Å². The predicted octanol–water partition coefficient (Wildman–Crippen LogP) is 5.58. The number of nitrogens with zero attached hydrogens (tertiary/aromatic N) is 1. The molecule has 1 heterocycles. The van der Waals surface area contributed by atoms with Gasteiger partial charge in [0.2, 0.25) is 0 Å². The first-order valence-corrected chi connectivity index (χ1v) is 12.4. The number of halogens is 1. The number of aromatic carboxylic acids is 1. The van der Waals surface area contributed by atoms with Crippen molar-refractivity contribution < 1.29 is 29.2 Å². The highest BCUT2D eigenvalue weighted by atomic mass is 35.5. The van der Waals surface area contributed by atoms with E-state index in [0.29, 0.717) is 43.7 Å². The fourth-order valence-corrected chi connectivity index (χ4v) is 5.82. The van der Waals surface area contributed by atoms with Crippen LogP contribution in [-0.2, 0) is 11.2 Å². The molecule has 2 N–H and O–H groups in total. The number of aromatic nitrogens is 1. The van der Waals surface area contributed by atoms with Crippen molar-refractivity contribution in [1.82, 2.24) is 4.98 Å². The van der Waals surface area contributed by atoms with Crippen LogP contribution in [0.4, 0.5) is 0 Å². The second-order valence-corrected chi connectivity index (χ2v) is 10.0. The summed E-state index contributed by atoms with van der Waals surface area (Å²) in [5.41, 5.74) is 1.92. The third-order valence-electron chi connectivity index (χ3n) is 6.25. The first kappa shape index (κ1) is 24.7. The fourth-order valence-electron chi connectivity index (χ4n) is 4.46. The Morgan fingerprint density at radius 1 is 1.18 bits per heavy atom. The molecule has 2 aromatic carbocycles. The molecule has 1 fully saturated rings. The molecule has 4 rings (SSSR count). The normalized spacial score (nSPS) is 16.0. The Kier molecular flexibility index (Phi) is 7.62. The molecule has 1 aliphatic rings. The summed E-state index contributed by atoms with van der Waals surface area (Å²) in [7, 11) is 3.16. The quantitative estimate of drug-likeness (QED) is 0.392. The smallest absolute Gasteiger partial charge is 0.338 e. The molecule has 0 spiro atoms. The van der Waals surface area contributed by atoms with E-state index in [1.54, 1.807) is 32.4 Å². The molecule has 182 valence electrons. The third kappa shape index (κ3) is 5.15. The number of fused-ring (bicyclic) bond motifs is 1. The largest absolute Gasteiger partial charge is 0.496 e. The van der Waals surface area contributed by atoms with Gasteiger partial charge in [-0.1, -0.05) is 24.4 Å². The topological polar surface area (TPSA) is 98.1 Å². The van der Waals surface area contributed by atoms with Crippen LogP contribution in [0, 0.1) is 6.92 Å². The lowest BCUT2D eigenvalue weighted by Crippen LogP contribution is -2.29. The Balaban J connectivity index is 1.69. The molecule has 1 saturated carbocycles. The molecule has 34 heavy (non-hydrogen) atoms. The molecule has 0 aliphatic heterocycles. The molecule has 2 unspecified atom stereocenters. The Labute approximate surface area is 207 Å². The number of benzene rings is 2. The maximum Gasteiger partial charge on any atom is 0.338 e. The van der Waals surface area contributed by atoms with Crippen molar-refractivity contribution in [1.29, 1.82) is 0 Å². The molecule has 1 aliphatic carbocycles. The number of thiazole rings is 1. The van der Waals surface area contributed by atoms with E-state index < -0.39 is 18.2 Å². The number of hydrogen-bond donors (Lipinski definition) is 2. The average Bonchev–Trinajstić information content (AvgIpc) is 3.47. The highest BCUT2D eigenvalue weighted by molar-refractivity contribution is 7.18. The lowest BCUT2D eigenvalue weighted by Gasteiger charge is -2.27. The van der Waals surface area contributed by atoms with Crippen LogP contribution in [0.5, 0.6) is 11.5 Å². The molecule has 0 radical (unpaired) electrons. The number of methoxy groups -OCH3 is 2. The van der Waals surface area contributed by atoms with Gasteiger partial charge in [0.05, 0.1) is 47.2 Å². The minimum absolute atomic E-state index is 0.0619. The van der Waals surface area contributed by atoms with Crippen LogP contribution < -0.4 is 9.47 Å². The van der Waals surface area contributed by atoms with Crippen LogP contribution in [0.15, 0.2) is 24.3 Å². The lowest BCUT2D eigenvalue weighted by atomic mass is 9.99. The van der Waals surface area contributed by atoms with Crippen LogP contribution in [-0.4, -0.2) is 47.6 Å². The van der Waals surface area contributed by atoms with E-state index in [1.807, 2.05) is 6.92 Å². The predicted molar refractivity (Wildman–Crippen MR) is 132 cm³/mol. The molecule has 0 bridgehead atoms. The Bertz CT molecular complexity index is 1160.